The molecule has 0 heterocycles. The molecule has 86 valence electrons. The molecule has 0 aromatic carbocycles. The number of hydrogen-bond donors (Lipinski definition) is 1. The first-order valence-electron chi connectivity index (χ1n) is 6.05. The van der Waals surface area contributed by atoms with Crippen molar-refractivity contribution < 1.29 is 57.6 Å². The van der Waals surface area contributed by atoms with Crippen LogP contribution in [0.1, 0.15) is 72.6 Å². The predicted molar refractivity (Wildman–Crippen MR) is 62.2 cm³/mol. The van der Waals surface area contributed by atoms with Crippen LogP contribution < -0.4 is 57.1 Å². The Morgan fingerprint density at radius 1 is 0.933 bits per heavy atom. The number of unbranched alkanes of at least 4 members (excludes halogenated alkanes) is 8. The average Bonchev–Trinajstić information content (AvgIpc) is 2.15. The van der Waals surface area contributed by atoms with Gasteiger partial charge in [-0.3, -0.25) is 4.79 Å². The molecule has 0 aliphatic heterocycles. The van der Waals surface area contributed by atoms with E-state index in [-0.39, 0.29) is 58.7 Å². The van der Waals surface area contributed by atoms with Crippen LogP contribution in [0.4, 0.5) is 0 Å². The SMILES string of the molecule is CCCCCCCCCCCC(N)=O.[H-].[K+]. The fourth-order valence-corrected chi connectivity index (χ4v) is 1.61. The number of carbonyl (C=O) groups is 1. The fraction of sp³-hybridized carbons (Fsp3) is 0.917. The molecule has 0 aliphatic rings. The van der Waals surface area contributed by atoms with Crippen molar-refractivity contribution in [1.29, 1.82) is 0 Å². The van der Waals surface area contributed by atoms with E-state index in [4.69, 9.17) is 5.73 Å². The zero-order chi connectivity index (χ0) is 10.6. The third-order valence-corrected chi connectivity index (χ3v) is 2.53. The molecule has 0 aliphatic carbocycles. The first-order chi connectivity index (χ1) is 6.77. The second-order valence-electron chi connectivity index (χ2n) is 4.04. The smallest absolute Gasteiger partial charge is 1.00 e. The van der Waals surface area contributed by atoms with Crippen LogP contribution in [0.15, 0.2) is 0 Å². The van der Waals surface area contributed by atoms with E-state index in [1.165, 1.54) is 44.9 Å². The molecule has 2 N–H and O–H groups in total. The van der Waals surface area contributed by atoms with E-state index in [2.05, 4.69) is 6.92 Å². The predicted octanol–water partition coefficient (Wildman–Crippen LogP) is 0.509. The summed E-state index contributed by atoms with van der Waals surface area (Å²) in [7, 11) is 0. The summed E-state index contributed by atoms with van der Waals surface area (Å²) in [5.41, 5.74) is 5.05. The van der Waals surface area contributed by atoms with E-state index in [0.717, 1.165) is 12.8 Å². The van der Waals surface area contributed by atoms with Gasteiger partial charge in [-0.1, -0.05) is 58.3 Å². The van der Waals surface area contributed by atoms with Gasteiger partial charge in [0.2, 0.25) is 5.91 Å². The number of rotatable bonds is 10. The molecule has 0 spiro atoms. The van der Waals surface area contributed by atoms with Gasteiger partial charge in [-0.2, -0.15) is 0 Å². The zero-order valence-corrected chi connectivity index (χ0v) is 13.7. The summed E-state index contributed by atoms with van der Waals surface area (Å²) >= 11 is 0. The fourth-order valence-electron chi connectivity index (χ4n) is 1.61. The molecule has 0 fully saturated rings. The summed E-state index contributed by atoms with van der Waals surface area (Å²) in [6.07, 6.45) is 12.1. The van der Waals surface area contributed by atoms with Crippen LogP contribution in [0.3, 0.4) is 0 Å². The third kappa shape index (κ3) is 17.7. The van der Waals surface area contributed by atoms with Gasteiger partial charge < -0.3 is 7.16 Å². The van der Waals surface area contributed by atoms with Crippen LogP contribution in [-0.2, 0) is 4.79 Å². The Balaban J connectivity index is -0.000000845. The van der Waals surface area contributed by atoms with E-state index < -0.39 is 0 Å². The molecule has 2 nitrogen and oxygen atoms in total. The minimum Gasteiger partial charge on any atom is -1.00 e. The van der Waals surface area contributed by atoms with Crippen molar-refractivity contribution in [2.45, 2.75) is 71.1 Å². The third-order valence-electron chi connectivity index (χ3n) is 2.53. The molecule has 0 aromatic heterocycles. The molecule has 0 bridgehead atoms. The van der Waals surface area contributed by atoms with Gasteiger partial charge in [0.1, 0.15) is 0 Å². The Labute approximate surface area is 139 Å². The van der Waals surface area contributed by atoms with Crippen molar-refractivity contribution in [3.8, 4) is 0 Å². The standard InChI is InChI=1S/C12H25NO.K.H/c1-2-3-4-5-6-7-8-9-10-11-12(13)14;;/h2-11H2,1H3,(H2,13,14);;/q;+1;-1. The van der Waals surface area contributed by atoms with Crippen molar-refractivity contribution >= 4 is 5.91 Å². The molecule has 0 radical (unpaired) electrons. The molecular weight excluding hydrogens is 213 g/mol. The van der Waals surface area contributed by atoms with Gasteiger partial charge in [0.15, 0.2) is 0 Å². The Hall–Kier alpha value is 1.11. The Morgan fingerprint density at radius 2 is 1.33 bits per heavy atom. The van der Waals surface area contributed by atoms with Crippen molar-refractivity contribution in [1.82, 2.24) is 0 Å². The summed E-state index contributed by atoms with van der Waals surface area (Å²) in [6, 6.07) is 0. The maximum absolute atomic E-state index is 10.4. The van der Waals surface area contributed by atoms with Gasteiger partial charge in [0.25, 0.3) is 0 Å². The number of hydrogen-bond acceptors (Lipinski definition) is 1. The molecule has 15 heavy (non-hydrogen) atoms. The summed E-state index contributed by atoms with van der Waals surface area (Å²) in [4.78, 5) is 10.4. The molecule has 1 amide bonds. The molecule has 0 unspecified atom stereocenters. The van der Waals surface area contributed by atoms with Gasteiger partial charge in [-0.15, -0.1) is 0 Å². The summed E-state index contributed by atoms with van der Waals surface area (Å²) < 4.78 is 0. The Morgan fingerprint density at radius 3 is 1.73 bits per heavy atom. The van der Waals surface area contributed by atoms with Gasteiger partial charge in [-0.25, -0.2) is 0 Å². The Bertz CT molecular complexity index is 145. The van der Waals surface area contributed by atoms with Gasteiger partial charge in [0, 0.05) is 6.42 Å². The zero-order valence-electron chi connectivity index (χ0n) is 11.6. The number of nitrogens with two attached hydrogens (primary N) is 1. The maximum Gasteiger partial charge on any atom is 1.00 e. The minimum absolute atomic E-state index is 0. The van der Waals surface area contributed by atoms with Crippen molar-refractivity contribution in [2.24, 2.45) is 5.73 Å². The first-order valence-corrected chi connectivity index (χ1v) is 6.05. The van der Waals surface area contributed by atoms with Crippen LogP contribution in [0, 0.1) is 0 Å². The number of amides is 1. The molecule has 0 saturated heterocycles. The molecule has 0 saturated carbocycles. The topological polar surface area (TPSA) is 43.1 Å². The first kappa shape index (κ1) is 18.5. The van der Waals surface area contributed by atoms with E-state index in [0.29, 0.717) is 6.42 Å². The maximum atomic E-state index is 10.4. The van der Waals surface area contributed by atoms with Crippen LogP contribution in [0.25, 0.3) is 0 Å². The van der Waals surface area contributed by atoms with Crippen molar-refractivity contribution in [3.05, 3.63) is 0 Å². The second-order valence-corrected chi connectivity index (χ2v) is 4.04. The average molecular weight is 239 g/mol. The normalized spacial score (nSPS) is 9.67. The molecule has 0 rings (SSSR count). The number of primary amides is 1. The molecule has 0 atom stereocenters. The quantitative estimate of drug-likeness (QED) is 0.438. The van der Waals surface area contributed by atoms with E-state index in [1.807, 2.05) is 0 Å². The second kappa shape index (κ2) is 15.1. The Kier molecular flexibility index (Phi) is 18.6. The van der Waals surface area contributed by atoms with Crippen LogP contribution in [0.5, 0.6) is 0 Å². The van der Waals surface area contributed by atoms with Crippen molar-refractivity contribution in [2.75, 3.05) is 0 Å². The van der Waals surface area contributed by atoms with E-state index in [9.17, 15) is 4.79 Å². The van der Waals surface area contributed by atoms with Crippen LogP contribution in [0.2, 0.25) is 0 Å². The van der Waals surface area contributed by atoms with Gasteiger partial charge in [-0.05, 0) is 6.42 Å². The van der Waals surface area contributed by atoms with Gasteiger partial charge in [0.05, 0.1) is 0 Å². The summed E-state index contributed by atoms with van der Waals surface area (Å²) in [6.45, 7) is 2.24. The number of carbonyl (C=O) groups excluding carboxylic acids is 1. The molecule has 0 aromatic rings. The monoisotopic (exact) mass is 239 g/mol. The van der Waals surface area contributed by atoms with Crippen molar-refractivity contribution in [3.63, 3.8) is 0 Å². The van der Waals surface area contributed by atoms with Crippen LogP contribution in [-0.4, -0.2) is 5.91 Å². The van der Waals surface area contributed by atoms with Gasteiger partial charge >= 0.3 is 51.4 Å². The minimum atomic E-state index is -0.159. The van der Waals surface area contributed by atoms with Crippen LogP contribution >= 0.6 is 0 Å². The summed E-state index contributed by atoms with van der Waals surface area (Å²) in [5.74, 6) is -0.159. The van der Waals surface area contributed by atoms with E-state index >= 15 is 0 Å². The molecular formula is C12H26KNO. The largest absolute Gasteiger partial charge is 1.00 e. The summed E-state index contributed by atoms with van der Waals surface area (Å²) in [5, 5.41) is 0. The van der Waals surface area contributed by atoms with E-state index in [1.54, 1.807) is 0 Å². The molecule has 3 heteroatoms.